The smallest absolute Gasteiger partial charge is 0.294 e. The van der Waals surface area contributed by atoms with Crippen molar-refractivity contribution >= 4 is 10.1 Å². The van der Waals surface area contributed by atoms with Gasteiger partial charge < -0.3 is 9.84 Å². The molecule has 0 spiro atoms. The summed E-state index contributed by atoms with van der Waals surface area (Å²) in [6, 6.07) is 14.3. The van der Waals surface area contributed by atoms with Crippen molar-refractivity contribution in [1.29, 1.82) is 0 Å². The molecule has 0 unspecified atom stereocenters. The molecule has 5 nitrogen and oxygen atoms in total. The number of benzene rings is 2. The largest absolute Gasteiger partial charge is 0.504 e. The zero-order valence-electron chi connectivity index (χ0n) is 10.2. The first-order valence-corrected chi connectivity index (χ1v) is 6.73. The summed E-state index contributed by atoms with van der Waals surface area (Å²) in [6.07, 6.45) is 0. The summed E-state index contributed by atoms with van der Waals surface area (Å²) in [4.78, 5) is -0.0741. The number of methoxy groups -OCH3 is 1. The number of ether oxygens (including phenoxy) is 1. The normalized spacial score (nSPS) is 10.2. The van der Waals surface area contributed by atoms with Gasteiger partial charge in [-0.25, -0.2) is 0 Å². The molecule has 0 aliphatic heterocycles. The first-order chi connectivity index (χ1) is 8.95. The van der Waals surface area contributed by atoms with Crippen molar-refractivity contribution < 1.29 is 22.8 Å². The van der Waals surface area contributed by atoms with Crippen molar-refractivity contribution in [1.82, 2.24) is 0 Å². The number of phenols is 1. The molecule has 0 saturated heterocycles. The third-order valence-electron chi connectivity index (χ3n) is 2.13. The van der Waals surface area contributed by atoms with Crippen LogP contribution in [0.4, 0.5) is 0 Å². The van der Waals surface area contributed by atoms with Gasteiger partial charge in [0, 0.05) is 0 Å². The highest BCUT2D eigenvalue weighted by Gasteiger charge is 2.05. The van der Waals surface area contributed by atoms with E-state index in [1.165, 1.54) is 19.2 Å². The van der Waals surface area contributed by atoms with E-state index in [2.05, 4.69) is 0 Å². The second-order valence-electron chi connectivity index (χ2n) is 3.46. The summed E-state index contributed by atoms with van der Waals surface area (Å²) in [5.74, 6) is 0.692. The van der Waals surface area contributed by atoms with Gasteiger partial charge in [-0.15, -0.1) is 0 Å². The van der Waals surface area contributed by atoms with Crippen LogP contribution in [0.15, 0.2) is 59.5 Å². The van der Waals surface area contributed by atoms with Crippen molar-refractivity contribution in [2.75, 3.05) is 7.11 Å². The highest BCUT2D eigenvalue weighted by Crippen LogP contribution is 2.23. The van der Waals surface area contributed by atoms with E-state index >= 15 is 0 Å². The van der Waals surface area contributed by atoms with Crippen LogP contribution in [0.2, 0.25) is 0 Å². The van der Waals surface area contributed by atoms with Gasteiger partial charge in [0.1, 0.15) is 0 Å². The Hall–Kier alpha value is -2.05. The van der Waals surface area contributed by atoms with E-state index in [9.17, 15) is 8.42 Å². The van der Waals surface area contributed by atoms with E-state index in [1.807, 2.05) is 0 Å². The minimum absolute atomic E-state index is 0.0741. The lowest BCUT2D eigenvalue weighted by Gasteiger charge is -1.99. The Balaban J connectivity index is 0.000000191. The Kier molecular flexibility index (Phi) is 5.35. The minimum Gasteiger partial charge on any atom is -0.504 e. The molecule has 2 N–H and O–H groups in total. The van der Waals surface area contributed by atoms with Crippen molar-refractivity contribution in [2.24, 2.45) is 0 Å². The maximum absolute atomic E-state index is 10.4. The van der Waals surface area contributed by atoms with Crippen LogP contribution >= 0.6 is 0 Å². The number of para-hydroxylation sites is 2. The summed E-state index contributed by atoms with van der Waals surface area (Å²) in [5.41, 5.74) is 0. The predicted octanol–water partition coefficient (Wildman–Crippen LogP) is 2.33. The number of hydrogen-bond acceptors (Lipinski definition) is 4. The Morgan fingerprint density at radius 3 is 1.84 bits per heavy atom. The lowest BCUT2D eigenvalue weighted by atomic mass is 10.3. The Morgan fingerprint density at radius 2 is 1.47 bits per heavy atom. The van der Waals surface area contributed by atoms with Gasteiger partial charge in [-0.05, 0) is 24.3 Å². The number of phenolic OH excluding ortho intramolecular Hbond substituents is 1. The average molecular weight is 282 g/mol. The topological polar surface area (TPSA) is 83.8 Å². The third-order valence-corrected chi connectivity index (χ3v) is 2.99. The van der Waals surface area contributed by atoms with Crippen LogP contribution in [0, 0.1) is 0 Å². The van der Waals surface area contributed by atoms with Gasteiger partial charge in [-0.2, -0.15) is 8.42 Å². The summed E-state index contributed by atoms with van der Waals surface area (Å²) in [5, 5.41) is 8.99. The lowest BCUT2D eigenvalue weighted by Crippen LogP contribution is -1.96. The fourth-order valence-electron chi connectivity index (χ4n) is 1.22. The van der Waals surface area contributed by atoms with Gasteiger partial charge in [-0.3, -0.25) is 4.55 Å². The molecule has 19 heavy (non-hydrogen) atoms. The van der Waals surface area contributed by atoms with E-state index in [-0.39, 0.29) is 10.6 Å². The molecule has 0 bridgehead atoms. The standard InChI is InChI=1S/C7H8O2.C6H6O3S/c1-9-7-5-3-2-4-6(7)8;7-10(8,9)6-4-2-1-3-5-6/h2-5,8H,1H3;1-5H,(H,7,8,9). The SMILES string of the molecule is COc1ccccc1O.O=S(=O)(O)c1ccccc1. The van der Waals surface area contributed by atoms with Gasteiger partial charge in [-0.1, -0.05) is 30.3 Å². The van der Waals surface area contributed by atoms with E-state index < -0.39 is 10.1 Å². The molecule has 2 rings (SSSR count). The zero-order chi connectivity index (χ0) is 14.3. The van der Waals surface area contributed by atoms with E-state index in [1.54, 1.807) is 42.5 Å². The maximum Gasteiger partial charge on any atom is 0.294 e. The second-order valence-corrected chi connectivity index (χ2v) is 4.88. The molecule has 0 radical (unpaired) electrons. The number of hydrogen-bond donors (Lipinski definition) is 2. The van der Waals surface area contributed by atoms with Gasteiger partial charge in [0.25, 0.3) is 10.1 Å². The quantitative estimate of drug-likeness (QED) is 0.826. The molecule has 6 heteroatoms. The molecule has 0 amide bonds. The maximum atomic E-state index is 10.4. The van der Waals surface area contributed by atoms with Crippen molar-refractivity contribution in [2.45, 2.75) is 4.90 Å². The lowest BCUT2D eigenvalue weighted by molar-refractivity contribution is 0.373. The summed E-state index contributed by atoms with van der Waals surface area (Å²) >= 11 is 0. The van der Waals surface area contributed by atoms with E-state index in [0.29, 0.717) is 5.75 Å². The molecule has 0 aliphatic rings. The molecule has 0 aliphatic carbocycles. The Morgan fingerprint density at radius 1 is 0.947 bits per heavy atom. The molecule has 0 fully saturated rings. The molecular formula is C13H14O5S. The molecule has 2 aromatic carbocycles. The summed E-state index contributed by atoms with van der Waals surface area (Å²) in [7, 11) is -2.48. The van der Waals surface area contributed by atoms with Crippen molar-refractivity contribution in [3.05, 3.63) is 54.6 Å². The molecule has 0 heterocycles. The van der Waals surface area contributed by atoms with E-state index in [0.717, 1.165) is 0 Å². The number of rotatable bonds is 2. The van der Waals surface area contributed by atoms with Gasteiger partial charge in [0.15, 0.2) is 11.5 Å². The molecular weight excluding hydrogens is 268 g/mol. The highest BCUT2D eigenvalue weighted by atomic mass is 32.2. The van der Waals surface area contributed by atoms with Gasteiger partial charge >= 0.3 is 0 Å². The van der Waals surface area contributed by atoms with Gasteiger partial charge in [0.2, 0.25) is 0 Å². The fourth-order valence-corrected chi connectivity index (χ4v) is 1.72. The Bertz CT molecular complexity index is 608. The van der Waals surface area contributed by atoms with Crippen LogP contribution < -0.4 is 4.74 Å². The van der Waals surface area contributed by atoms with Crippen LogP contribution in [-0.2, 0) is 10.1 Å². The average Bonchev–Trinajstić information content (AvgIpc) is 2.40. The van der Waals surface area contributed by atoms with Crippen LogP contribution in [-0.4, -0.2) is 25.2 Å². The van der Waals surface area contributed by atoms with Crippen LogP contribution in [0.25, 0.3) is 0 Å². The van der Waals surface area contributed by atoms with Gasteiger partial charge in [0.05, 0.1) is 12.0 Å². The van der Waals surface area contributed by atoms with Crippen molar-refractivity contribution in [3.8, 4) is 11.5 Å². The molecule has 0 aromatic heterocycles. The third kappa shape index (κ3) is 4.99. The molecule has 102 valence electrons. The monoisotopic (exact) mass is 282 g/mol. The minimum atomic E-state index is -4.00. The highest BCUT2D eigenvalue weighted by molar-refractivity contribution is 7.85. The van der Waals surface area contributed by atoms with Crippen LogP contribution in [0.1, 0.15) is 0 Å². The first-order valence-electron chi connectivity index (χ1n) is 5.29. The summed E-state index contributed by atoms with van der Waals surface area (Å²) in [6.45, 7) is 0. The molecule has 2 aromatic rings. The fraction of sp³-hybridized carbons (Fsp3) is 0.0769. The van der Waals surface area contributed by atoms with Crippen molar-refractivity contribution in [3.63, 3.8) is 0 Å². The predicted molar refractivity (Wildman–Crippen MR) is 70.9 cm³/mol. The molecule has 0 atom stereocenters. The second kappa shape index (κ2) is 6.77. The molecule has 0 saturated carbocycles. The number of aromatic hydroxyl groups is 1. The van der Waals surface area contributed by atoms with Crippen LogP contribution in [0.5, 0.6) is 11.5 Å². The summed E-state index contributed by atoms with van der Waals surface area (Å²) < 4.78 is 34.0. The zero-order valence-corrected chi connectivity index (χ0v) is 11.0. The Labute approximate surface area is 111 Å². The van der Waals surface area contributed by atoms with E-state index in [4.69, 9.17) is 14.4 Å². The van der Waals surface area contributed by atoms with Crippen LogP contribution in [0.3, 0.4) is 0 Å². The first kappa shape index (κ1) is 15.0.